The lowest BCUT2D eigenvalue weighted by Crippen LogP contribution is -2.39. The molecule has 1 aliphatic heterocycles. The molecule has 38 heavy (non-hydrogen) atoms. The Bertz CT molecular complexity index is 1780. The molecule has 0 N–H and O–H groups in total. The van der Waals surface area contributed by atoms with E-state index in [1.54, 1.807) is 18.4 Å². The fourth-order valence-corrected chi connectivity index (χ4v) is 5.82. The van der Waals surface area contributed by atoms with Gasteiger partial charge in [-0.2, -0.15) is 0 Å². The molecular formula is C30H27N3O4S. The number of fused-ring (bicyclic) bond motifs is 2. The van der Waals surface area contributed by atoms with Gasteiger partial charge in [-0.3, -0.25) is 9.36 Å². The molecule has 4 aromatic rings. The predicted molar refractivity (Wildman–Crippen MR) is 149 cm³/mol. The zero-order valence-corrected chi connectivity index (χ0v) is 22.2. The summed E-state index contributed by atoms with van der Waals surface area (Å²) in [5.41, 5.74) is 3.30. The number of allylic oxidation sites excluding steroid dienone is 1. The molecule has 3 heterocycles. The maximum atomic E-state index is 13.9. The van der Waals surface area contributed by atoms with Crippen molar-refractivity contribution in [2.24, 2.45) is 4.99 Å². The van der Waals surface area contributed by atoms with Gasteiger partial charge in [-0.1, -0.05) is 47.6 Å². The number of rotatable bonds is 7. The minimum Gasteiger partial charge on any atom is -0.494 e. The van der Waals surface area contributed by atoms with Crippen LogP contribution < -0.4 is 19.6 Å². The van der Waals surface area contributed by atoms with E-state index in [1.165, 1.54) is 11.3 Å². The molecule has 1 atom stereocenters. The van der Waals surface area contributed by atoms with Crippen molar-refractivity contribution in [1.29, 1.82) is 0 Å². The number of hydrogen-bond donors (Lipinski definition) is 0. The summed E-state index contributed by atoms with van der Waals surface area (Å²) in [5, 5.41) is 1.00. The predicted octanol–water partition coefficient (Wildman–Crippen LogP) is 3.78. The van der Waals surface area contributed by atoms with Crippen LogP contribution in [0.1, 0.15) is 37.9 Å². The highest BCUT2D eigenvalue weighted by Gasteiger charge is 2.33. The molecule has 2 aromatic carbocycles. The van der Waals surface area contributed by atoms with E-state index in [1.807, 2.05) is 72.3 Å². The number of terminal acetylenes is 1. The molecule has 0 saturated carbocycles. The average Bonchev–Trinajstić information content (AvgIpc) is 3.41. The van der Waals surface area contributed by atoms with Gasteiger partial charge < -0.3 is 14.0 Å². The lowest BCUT2D eigenvalue weighted by atomic mass is 9.96. The third-order valence-corrected chi connectivity index (χ3v) is 7.37. The molecule has 2 aromatic heterocycles. The number of nitrogens with zero attached hydrogens (tertiary/aromatic N) is 3. The number of aromatic nitrogens is 2. The van der Waals surface area contributed by atoms with Crippen molar-refractivity contribution < 1.29 is 14.3 Å². The molecular weight excluding hydrogens is 498 g/mol. The normalized spacial score (nSPS) is 15.2. The molecule has 7 nitrogen and oxygen atoms in total. The number of para-hydroxylation sites is 1. The van der Waals surface area contributed by atoms with Crippen LogP contribution in [0.4, 0.5) is 0 Å². The Labute approximate surface area is 224 Å². The van der Waals surface area contributed by atoms with E-state index in [9.17, 15) is 9.59 Å². The Kier molecular flexibility index (Phi) is 7.03. The quantitative estimate of drug-likeness (QED) is 0.272. The first-order valence-corrected chi connectivity index (χ1v) is 13.2. The number of benzene rings is 2. The van der Waals surface area contributed by atoms with Crippen LogP contribution in [0.3, 0.4) is 0 Å². The topological polar surface area (TPSA) is 74.8 Å². The van der Waals surface area contributed by atoms with Gasteiger partial charge in [0.25, 0.3) is 5.56 Å². The van der Waals surface area contributed by atoms with Gasteiger partial charge in [-0.05, 0) is 50.6 Å². The number of hydrogen-bond acceptors (Lipinski definition) is 6. The van der Waals surface area contributed by atoms with Crippen molar-refractivity contribution in [3.05, 3.63) is 96.8 Å². The van der Waals surface area contributed by atoms with Gasteiger partial charge in [0.1, 0.15) is 5.75 Å². The lowest BCUT2D eigenvalue weighted by Gasteiger charge is -2.24. The van der Waals surface area contributed by atoms with Crippen LogP contribution in [0.5, 0.6) is 5.75 Å². The SMILES string of the molecule is C#CCn1cc(/C=c2\sc3n(c2=O)[C@@H](c2ccc(OCC)cc2)C(C(=O)OCC)=C(C)N=3)c2ccccc21. The van der Waals surface area contributed by atoms with Crippen LogP contribution in [0.2, 0.25) is 0 Å². The fraction of sp³-hybridized carbons (Fsp3) is 0.233. The summed E-state index contributed by atoms with van der Waals surface area (Å²) in [4.78, 5) is 32.2. The van der Waals surface area contributed by atoms with E-state index >= 15 is 0 Å². The van der Waals surface area contributed by atoms with E-state index in [4.69, 9.17) is 15.9 Å². The summed E-state index contributed by atoms with van der Waals surface area (Å²) in [6.07, 6.45) is 9.41. The van der Waals surface area contributed by atoms with E-state index in [-0.39, 0.29) is 12.2 Å². The molecule has 0 aliphatic carbocycles. The molecule has 0 radical (unpaired) electrons. The maximum absolute atomic E-state index is 13.9. The van der Waals surface area contributed by atoms with E-state index in [0.29, 0.717) is 39.5 Å². The van der Waals surface area contributed by atoms with Crippen molar-refractivity contribution >= 4 is 34.3 Å². The Balaban J connectivity index is 1.71. The number of thiazole rings is 1. The first-order valence-electron chi connectivity index (χ1n) is 12.4. The van der Waals surface area contributed by atoms with Crippen LogP contribution >= 0.6 is 11.3 Å². The molecule has 0 unspecified atom stereocenters. The van der Waals surface area contributed by atoms with Crippen LogP contribution in [0, 0.1) is 12.3 Å². The van der Waals surface area contributed by atoms with Gasteiger partial charge in [-0.25, -0.2) is 9.79 Å². The molecule has 1 aliphatic rings. The number of carbonyl (C=O) groups is 1. The zero-order valence-electron chi connectivity index (χ0n) is 21.4. The van der Waals surface area contributed by atoms with Gasteiger partial charge in [-0.15, -0.1) is 6.42 Å². The first kappa shape index (κ1) is 25.3. The summed E-state index contributed by atoms with van der Waals surface area (Å²) in [6.45, 7) is 6.64. The van der Waals surface area contributed by atoms with Crippen molar-refractivity contribution in [2.45, 2.75) is 33.4 Å². The Hall–Kier alpha value is -4.35. The van der Waals surface area contributed by atoms with E-state index in [2.05, 4.69) is 10.9 Å². The molecule has 0 saturated heterocycles. The van der Waals surface area contributed by atoms with Crippen LogP contribution in [-0.4, -0.2) is 28.3 Å². The maximum Gasteiger partial charge on any atom is 0.338 e. The first-order chi connectivity index (χ1) is 18.5. The molecule has 192 valence electrons. The Morgan fingerprint density at radius 1 is 1.16 bits per heavy atom. The second-order valence-electron chi connectivity index (χ2n) is 8.74. The fourth-order valence-electron chi connectivity index (χ4n) is 4.78. The second kappa shape index (κ2) is 10.6. The molecule has 5 rings (SSSR count). The van der Waals surface area contributed by atoms with Crippen LogP contribution in [0.15, 0.2) is 75.8 Å². The summed E-state index contributed by atoms with van der Waals surface area (Å²) in [6, 6.07) is 14.7. The minimum absolute atomic E-state index is 0.220. The van der Waals surface area contributed by atoms with E-state index in [0.717, 1.165) is 22.0 Å². The third kappa shape index (κ3) is 4.46. The monoisotopic (exact) mass is 525 g/mol. The van der Waals surface area contributed by atoms with Gasteiger partial charge in [0.15, 0.2) is 4.80 Å². The van der Waals surface area contributed by atoms with Crippen LogP contribution in [-0.2, 0) is 16.1 Å². The summed E-state index contributed by atoms with van der Waals surface area (Å²) >= 11 is 1.30. The Morgan fingerprint density at radius 3 is 2.63 bits per heavy atom. The summed E-state index contributed by atoms with van der Waals surface area (Å²) in [7, 11) is 0. The molecule has 0 amide bonds. The smallest absolute Gasteiger partial charge is 0.338 e. The van der Waals surface area contributed by atoms with E-state index < -0.39 is 12.0 Å². The average molecular weight is 526 g/mol. The van der Waals surface area contributed by atoms with Gasteiger partial charge >= 0.3 is 5.97 Å². The zero-order chi connectivity index (χ0) is 26.8. The molecule has 0 fully saturated rings. The second-order valence-corrected chi connectivity index (χ2v) is 9.75. The third-order valence-electron chi connectivity index (χ3n) is 6.39. The molecule has 0 bridgehead atoms. The van der Waals surface area contributed by atoms with Gasteiger partial charge in [0.2, 0.25) is 0 Å². The van der Waals surface area contributed by atoms with Crippen molar-refractivity contribution in [1.82, 2.24) is 9.13 Å². The van der Waals surface area contributed by atoms with Crippen LogP contribution in [0.25, 0.3) is 17.0 Å². The number of esters is 1. The summed E-state index contributed by atoms with van der Waals surface area (Å²) in [5.74, 6) is 2.91. The summed E-state index contributed by atoms with van der Waals surface area (Å²) < 4.78 is 15.1. The van der Waals surface area contributed by atoms with Crippen molar-refractivity contribution in [3.8, 4) is 18.1 Å². The molecule has 8 heteroatoms. The minimum atomic E-state index is -0.675. The Morgan fingerprint density at radius 2 is 1.92 bits per heavy atom. The van der Waals surface area contributed by atoms with Crippen molar-refractivity contribution in [2.75, 3.05) is 13.2 Å². The number of ether oxygens (including phenoxy) is 2. The standard InChI is InChI=1S/C30H27N3O4S/c1-5-16-32-18-21(23-10-8-9-11-24(23)32)17-25-28(34)33-27(20-12-14-22(15-13-20)36-6-2)26(29(35)37-7-3)19(4)31-30(33)38-25/h1,8-15,17-18,27H,6-7,16H2,2-4H3/b25-17-/t27-/m0/s1. The van der Waals surface area contributed by atoms with Crippen molar-refractivity contribution in [3.63, 3.8) is 0 Å². The lowest BCUT2D eigenvalue weighted by molar-refractivity contribution is -0.139. The largest absolute Gasteiger partial charge is 0.494 e. The highest BCUT2D eigenvalue weighted by Crippen LogP contribution is 2.31. The van der Waals surface area contributed by atoms with Gasteiger partial charge in [0.05, 0.1) is 41.6 Å². The number of carbonyl (C=O) groups excluding carboxylic acids is 1. The van der Waals surface area contributed by atoms with Gasteiger partial charge in [0, 0.05) is 22.7 Å². The molecule has 0 spiro atoms. The highest BCUT2D eigenvalue weighted by molar-refractivity contribution is 7.07. The highest BCUT2D eigenvalue weighted by atomic mass is 32.1.